The molecule has 1 aliphatic carbocycles. The van der Waals surface area contributed by atoms with Crippen LogP contribution in [0, 0.1) is 5.92 Å². The number of aliphatic hydroxyl groups excluding tert-OH is 1. The molecule has 2 rings (SSSR count). The molecular weight excluding hydrogens is 266 g/mol. The van der Waals surface area contributed by atoms with Crippen LogP contribution in [-0.4, -0.2) is 28.8 Å². The number of nitrogens with zero attached hydrogens (tertiary/aromatic N) is 1. The fourth-order valence-corrected chi connectivity index (χ4v) is 2.50. The van der Waals surface area contributed by atoms with Crippen LogP contribution >= 0.6 is 11.6 Å². The minimum absolute atomic E-state index is 0.226. The van der Waals surface area contributed by atoms with Crippen molar-refractivity contribution in [3.05, 3.63) is 23.5 Å². The van der Waals surface area contributed by atoms with Crippen molar-refractivity contribution in [3.63, 3.8) is 0 Å². The van der Waals surface area contributed by atoms with Crippen molar-refractivity contribution in [2.45, 2.75) is 31.8 Å². The number of carbonyl (C=O) groups excluding carboxylic acids is 1. The van der Waals surface area contributed by atoms with Gasteiger partial charge in [-0.3, -0.25) is 0 Å². The topological polar surface area (TPSA) is 74.2 Å². The first kappa shape index (κ1) is 14.1. The van der Waals surface area contributed by atoms with Gasteiger partial charge in [0.1, 0.15) is 0 Å². The van der Waals surface area contributed by atoms with Gasteiger partial charge in [-0.2, -0.15) is 0 Å². The third-order valence-electron chi connectivity index (χ3n) is 3.31. The van der Waals surface area contributed by atoms with Gasteiger partial charge in [-0.1, -0.05) is 18.0 Å². The summed E-state index contributed by atoms with van der Waals surface area (Å²) < 4.78 is 0. The number of rotatable bonds is 3. The summed E-state index contributed by atoms with van der Waals surface area (Å²) in [6.07, 6.45) is 5.03. The normalized spacial score (nSPS) is 22.8. The number of nitrogens with one attached hydrogen (secondary N) is 2. The standard InChI is InChI=1S/C13H18ClN3O2/c14-12-11(5-2-6-15-12)17-13(19)16-8-9-3-1-4-10(18)7-9/h2,5-6,9-10,18H,1,3-4,7-8H2,(H2,16,17,19). The van der Waals surface area contributed by atoms with Gasteiger partial charge in [-0.05, 0) is 37.3 Å². The molecule has 1 aliphatic rings. The first-order valence-electron chi connectivity index (χ1n) is 6.48. The molecule has 2 unspecified atom stereocenters. The Kier molecular flexibility index (Phi) is 4.99. The highest BCUT2D eigenvalue weighted by atomic mass is 35.5. The Bertz CT molecular complexity index is 442. The molecule has 1 saturated carbocycles. The second kappa shape index (κ2) is 6.73. The summed E-state index contributed by atoms with van der Waals surface area (Å²) in [5, 5.41) is 15.3. The Morgan fingerprint density at radius 2 is 2.37 bits per heavy atom. The number of halogens is 1. The van der Waals surface area contributed by atoms with Crippen molar-refractivity contribution < 1.29 is 9.90 Å². The first-order chi connectivity index (χ1) is 9.15. The Morgan fingerprint density at radius 1 is 1.53 bits per heavy atom. The van der Waals surface area contributed by atoms with Crippen LogP contribution in [-0.2, 0) is 0 Å². The highest BCUT2D eigenvalue weighted by Crippen LogP contribution is 2.23. The fraction of sp³-hybridized carbons (Fsp3) is 0.538. The summed E-state index contributed by atoms with van der Waals surface area (Å²) in [5.74, 6) is 0.346. The molecule has 2 atom stereocenters. The lowest BCUT2D eigenvalue weighted by Gasteiger charge is -2.25. The van der Waals surface area contributed by atoms with E-state index in [9.17, 15) is 9.90 Å². The molecule has 1 heterocycles. The summed E-state index contributed by atoms with van der Waals surface area (Å²) in [6.45, 7) is 0.570. The molecule has 1 fully saturated rings. The molecule has 1 aromatic rings. The molecule has 0 aliphatic heterocycles. The highest BCUT2D eigenvalue weighted by Gasteiger charge is 2.20. The summed E-state index contributed by atoms with van der Waals surface area (Å²) in [6, 6.07) is 3.10. The maximum absolute atomic E-state index is 11.7. The smallest absolute Gasteiger partial charge is 0.319 e. The van der Waals surface area contributed by atoms with E-state index < -0.39 is 0 Å². The first-order valence-corrected chi connectivity index (χ1v) is 6.86. The monoisotopic (exact) mass is 283 g/mol. The maximum Gasteiger partial charge on any atom is 0.319 e. The van der Waals surface area contributed by atoms with Gasteiger partial charge in [0, 0.05) is 12.7 Å². The van der Waals surface area contributed by atoms with Crippen molar-refractivity contribution in [2.24, 2.45) is 5.92 Å². The molecule has 5 nitrogen and oxygen atoms in total. The lowest BCUT2D eigenvalue weighted by atomic mass is 9.87. The molecule has 0 radical (unpaired) electrons. The van der Waals surface area contributed by atoms with Crippen LogP contribution in [0.5, 0.6) is 0 Å². The summed E-state index contributed by atoms with van der Waals surface area (Å²) >= 11 is 5.85. The largest absolute Gasteiger partial charge is 0.393 e. The minimum atomic E-state index is -0.296. The predicted octanol–water partition coefficient (Wildman–Crippen LogP) is 2.41. The Hall–Kier alpha value is -1.33. The van der Waals surface area contributed by atoms with Crippen LogP contribution in [0.2, 0.25) is 5.15 Å². The van der Waals surface area contributed by atoms with Crippen molar-refractivity contribution in [2.75, 3.05) is 11.9 Å². The van der Waals surface area contributed by atoms with Gasteiger partial charge in [0.05, 0.1) is 11.8 Å². The number of urea groups is 1. The lowest BCUT2D eigenvalue weighted by Crippen LogP contribution is -2.35. The average molecular weight is 284 g/mol. The molecule has 0 spiro atoms. The van der Waals surface area contributed by atoms with E-state index >= 15 is 0 Å². The third kappa shape index (κ3) is 4.36. The third-order valence-corrected chi connectivity index (χ3v) is 3.61. The number of hydrogen-bond donors (Lipinski definition) is 3. The van der Waals surface area contributed by atoms with E-state index in [0.29, 0.717) is 18.2 Å². The molecule has 19 heavy (non-hydrogen) atoms. The zero-order chi connectivity index (χ0) is 13.7. The Balaban J connectivity index is 1.77. The van der Waals surface area contributed by atoms with Crippen LogP contribution in [0.4, 0.5) is 10.5 Å². The summed E-state index contributed by atoms with van der Waals surface area (Å²) in [4.78, 5) is 15.6. The molecule has 0 aromatic carbocycles. The van der Waals surface area contributed by atoms with Crippen molar-refractivity contribution >= 4 is 23.3 Å². The van der Waals surface area contributed by atoms with Crippen LogP contribution in [0.25, 0.3) is 0 Å². The number of aromatic nitrogens is 1. The van der Waals surface area contributed by atoms with Crippen LogP contribution in [0.1, 0.15) is 25.7 Å². The van der Waals surface area contributed by atoms with Crippen LogP contribution < -0.4 is 10.6 Å². The van der Waals surface area contributed by atoms with Gasteiger partial charge < -0.3 is 15.7 Å². The quantitative estimate of drug-likeness (QED) is 0.746. The van der Waals surface area contributed by atoms with Crippen LogP contribution in [0.15, 0.2) is 18.3 Å². The van der Waals surface area contributed by atoms with Gasteiger partial charge in [0.2, 0.25) is 0 Å². The minimum Gasteiger partial charge on any atom is -0.393 e. The lowest BCUT2D eigenvalue weighted by molar-refractivity contribution is 0.101. The number of amides is 2. The molecule has 104 valence electrons. The van der Waals surface area contributed by atoms with Gasteiger partial charge in [0.15, 0.2) is 5.15 Å². The second-order valence-electron chi connectivity index (χ2n) is 4.86. The number of aliphatic hydroxyl groups is 1. The van der Waals surface area contributed by atoms with Crippen LogP contribution in [0.3, 0.4) is 0 Å². The Labute approximate surface area is 117 Å². The molecule has 1 aromatic heterocycles. The zero-order valence-electron chi connectivity index (χ0n) is 10.6. The predicted molar refractivity (Wildman–Crippen MR) is 74.2 cm³/mol. The van der Waals surface area contributed by atoms with E-state index in [0.717, 1.165) is 25.7 Å². The van der Waals surface area contributed by atoms with Gasteiger partial charge in [-0.15, -0.1) is 0 Å². The van der Waals surface area contributed by atoms with Crippen molar-refractivity contribution in [3.8, 4) is 0 Å². The summed E-state index contributed by atoms with van der Waals surface area (Å²) in [7, 11) is 0. The molecule has 0 bridgehead atoms. The molecule has 0 saturated heterocycles. The number of carbonyl (C=O) groups is 1. The summed E-state index contributed by atoms with van der Waals surface area (Å²) in [5.41, 5.74) is 0.491. The molecule has 6 heteroatoms. The van der Waals surface area contributed by atoms with Gasteiger partial charge in [-0.25, -0.2) is 9.78 Å². The Morgan fingerprint density at radius 3 is 3.11 bits per heavy atom. The highest BCUT2D eigenvalue weighted by molar-refractivity contribution is 6.32. The zero-order valence-corrected chi connectivity index (χ0v) is 11.4. The number of hydrogen-bond acceptors (Lipinski definition) is 3. The van der Waals surface area contributed by atoms with E-state index in [-0.39, 0.29) is 17.3 Å². The average Bonchev–Trinajstić information content (AvgIpc) is 2.39. The molecule has 3 N–H and O–H groups in total. The number of anilines is 1. The van der Waals surface area contributed by atoms with Gasteiger partial charge >= 0.3 is 6.03 Å². The molecule has 2 amide bonds. The SMILES string of the molecule is O=C(NCC1CCCC(O)C1)Nc1cccnc1Cl. The maximum atomic E-state index is 11.7. The van der Waals surface area contributed by atoms with E-state index in [1.165, 1.54) is 0 Å². The van der Waals surface area contributed by atoms with E-state index in [1.54, 1.807) is 18.3 Å². The van der Waals surface area contributed by atoms with E-state index in [1.807, 2.05) is 0 Å². The van der Waals surface area contributed by atoms with Crippen molar-refractivity contribution in [1.29, 1.82) is 0 Å². The van der Waals surface area contributed by atoms with E-state index in [4.69, 9.17) is 11.6 Å². The van der Waals surface area contributed by atoms with E-state index in [2.05, 4.69) is 15.6 Å². The molecular formula is C13H18ClN3O2. The fourth-order valence-electron chi connectivity index (χ4n) is 2.33. The second-order valence-corrected chi connectivity index (χ2v) is 5.22. The van der Waals surface area contributed by atoms with Gasteiger partial charge in [0.25, 0.3) is 0 Å². The number of pyridine rings is 1. The van der Waals surface area contributed by atoms with Crippen molar-refractivity contribution in [1.82, 2.24) is 10.3 Å².